The lowest BCUT2D eigenvalue weighted by atomic mass is 9.32. The van der Waals surface area contributed by atoms with Crippen molar-refractivity contribution in [2.24, 2.45) is 44.8 Å². The van der Waals surface area contributed by atoms with Crippen LogP contribution in [0.4, 0.5) is 0 Å². The Morgan fingerprint density at radius 2 is 1.21 bits per heavy atom. The number of fused-ring (bicyclic) bond motifs is 5. The summed E-state index contributed by atoms with van der Waals surface area (Å²) in [6, 6.07) is 0. The van der Waals surface area contributed by atoms with Crippen LogP contribution in [0.5, 0.6) is 0 Å². The number of rotatable bonds is 9. The number of hydrogen-bond acceptors (Lipinski definition) is 16. The third kappa shape index (κ3) is 7.99. The number of aliphatic hydroxyl groups is 5. The predicted molar refractivity (Wildman–Crippen MR) is 223 cm³/mol. The van der Waals surface area contributed by atoms with Crippen LogP contribution in [0.2, 0.25) is 0 Å². The van der Waals surface area contributed by atoms with Gasteiger partial charge in [-0.05, 0) is 111 Å². The van der Waals surface area contributed by atoms with Crippen LogP contribution < -0.4 is 0 Å². The second-order valence-electron chi connectivity index (χ2n) is 22.7. The minimum absolute atomic E-state index is 0.00645. The van der Waals surface area contributed by atoms with E-state index < -0.39 is 113 Å². The minimum Gasteiger partial charge on any atom is -0.456 e. The van der Waals surface area contributed by atoms with Gasteiger partial charge in [-0.1, -0.05) is 41.5 Å². The molecule has 4 aliphatic carbocycles. The number of esters is 3. The monoisotopic (exact) mass is 897 g/mol. The molecule has 4 saturated carbocycles. The van der Waals surface area contributed by atoms with Crippen LogP contribution in [-0.4, -0.2) is 141 Å². The highest BCUT2D eigenvalue weighted by Gasteiger charge is 2.77. The quantitative estimate of drug-likeness (QED) is 0.126. The summed E-state index contributed by atoms with van der Waals surface area (Å²) in [5.41, 5.74) is -3.90. The van der Waals surface area contributed by atoms with Crippen molar-refractivity contribution in [2.75, 3.05) is 13.2 Å². The van der Waals surface area contributed by atoms with Gasteiger partial charge >= 0.3 is 17.9 Å². The summed E-state index contributed by atoms with van der Waals surface area (Å²) >= 11 is 0. The van der Waals surface area contributed by atoms with E-state index in [1.54, 1.807) is 13.8 Å². The second-order valence-corrected chi connectivity index (χ2v) is 22.7. The highest BCUT2D eigenvalue weighted by Crippen LogP contribution is 2.79. The van der Waals surface area contributed by atoms with Crippen molar-refractivity contribution in [1.29, 1.82) is 0 Å². The fourth-order valence-electron chi connectivity index (χ4n) is 15.1. The summed E-state index contributed by atoms with van der Waals surface area (Å²) in [5, 5.41) is 55.9. The Labute approximate surface area is 372 Å². The molecule has 20 atom stereocenters. The molecule has 3 aliphatic heterocycles. The average Bonchev–Trinajstić information content (AvgIpc) is 3.66. The van der Waals surface area contributed by atoms with Crippen molar-refractivity contribution in [1.82, 2.24) is 0 Å². The third-order valence-electron chi connectivity index (χ3n) is 18.2. The molecule has 5 N–H and O–H groups in total. The number of carbonyl (C=O) groups excluding carboxylic acids is 3. The summed E-state index contributed by atoms with van der Waals surface area (Å²) in [6.07, 6.45) is -6.98. The smallest absolute Gasteiger partial charge is 0.303 e. The highest BCUT2D eigenvalue weighted by molar-refractivity contribution is 5.68. The minimum atomic E-state index is -1.52. The van der Waals surface area contributed by atoms with E-state index in [0.29, 0.717) is 32.1 Å². The molecule has 63 heavy (non-hydrogen) atoms. The Balaban J connectivity index is 1.25. The van der Waals surface area contributed by atoms with Crippen molar-refractivity contribution < 1.29 is 77.8 Å². The van der Waals surface area contributed by atoms with Gasteiger partial charge in [0.1, 0.15) is 18.3 Å². The maximum atomic E-state index is 12.6. The van der Waals surface area contributed by atoms with Crippen molar-refractivity contribution >= 4 is 17.9 Å². The zero-order chi connectivity index (χ0) is 46.6. The van der Waals surface area contributed by atoms with Crippen molar-refractivity contribution in [3.8, 4) is 0 Å². The van der Waals surface area contributed by atoms with Gasteiger partial charge in [-0.25, -0.2) is 0 Å². The van der Waals surface area contributed by atoms with Crippen LogP contribution >= 0.6 is 0 Å². The Bertz CT molecular complexity index is 1730. The Morgan fingerprint density at radius 3 is 1.81 bits per heavy atom. The zero-order valence-electron chi connectivity index (χ0n) is 39.5. The average molecular weight is 897 g/mol. The first-order chi connectivity index (χ1) is 29.0. The van der Waals surface area contributed by atoms with Crippen molar-refractivity contribution in [3.63, 3.8) is 0 Å². The van der Waals surface area contributed by atoms with Gasteiger partial charge in [-0.3, -0.25) is 14.4 Å². The molecule has 0 unspecified atom stereocenters. The zero-order valence-corrected chi connectivity index (χ0v) is 39.5. The van der Waals surface area contributed by atoms with Gasteiger partial charge in [0.25, 0.3) is 0 Å². The highest BCUT2D eigenvalue weighted by atomic mass is 16.7. The van der Waals surface area contributed by atoms with Crippen LogP contribution in [0.1, 0.15) is 134 Å². The molecule has 16 heteroatoms. The number of carbonyl (C=O) groups is 3. The first-order valence-corrected chi connectivity index (χ1v) is 23.2. The maximum absolute atomic E-state index is 12.6. The molecule has 7 fully saturated rings. The Morgan fingerprint density at radius 1 is 0.619 bits per heavy atom. The van der Waals surface area contributed by atoms with E-state index >= 15 is 0 Å². The van der Waals surface area contributed by atoms with E-state index in [1.807, 2.05) is 0 Å². The standard InChI is InChI=1S/C47H76O16/c1-23(48)58-29-22-57-40(36(60-25(3)50)35(29)59-24(2)49)62-31-13-15-44(9)38(41(31,4)5)28(61-39-34(54)33(53)27(52)21-56-39)19-30-43(44,8)17-18-45(10)37(26(51)20-46(30,45)11)47(12)16-14-32(63-47)42(6,7)55/h26-40,51-55H,13-22H2,1-12H3/t26-,27+,28-,29+,30+,31-,32-,33-,34+,35-,36+,37-,38-,39-,40-,43+,44-,45+,46-,47+/m0/s1. The molecule has 0 spiro atoms. The van der Waals surface area contributed by atoms with Crippen LogP contribution in [0.3, 0.4) is 0 Å². The van der Waals surface area contributed by atoms with Gasteiger partial charge in [0.15, 0.2) is 30.9 Å². The van der Waals surface area contributed by atoms with Crippen LogP contribution in [0.15, 0.2) is 0 Å². The van der Waals surface area contributed by atoms with E-state index in [4.69, 9.17) is 37.9 Å². The molecule has 0 aromatic carbocycles. The van der Waals surface area contributed by atoms with E-state index in [0.717, 1.165) is 19.3 Å². The molecule has 3 saturated heterocycles. The largest absolute Gasteiger partial charge is 0.456 e. The molecule has 16 nitrogen and oxygen atoms in total. The van der Waals surface area contributed by atoms with Gasteiger partial charge < -0.3 is 63.4 Å². The summed E-state index contributed by atoms with van der Waals surface area (Å²) < 4.78 is 49.6. The number of aliphatic hydroxyl groups excluding tert-OH is 4. The van der Waals surface area contributed by atoms with Gasteiger partial charge in [0, 0.05) is 26.7 Å². The first kappa shape index (κ1) is 48.9. The van der Waals surface area contributed by atoms with Gasteiger partial charge in [0.2, 0.25) is 0 Å². The van der Waals surface area contributed by atoms with Crippen molar-refractivity contribution in [3.05, 3.63) is 0 Å². The van der Waals surface area contributed by atoms with E-state index in [9.17, 15) is 39.9 Å². The summed E-state index contributed by atoms with van der Waals surface area (Å²) in [5.74, 6) is -2.43. The summed E-state index contributed by atoms with van der Waals surface area (Å²) in [6.45, 7) is 22.5. The molecule has 0 aromatic heterocycles. The first-order valence-electron chi connectivity index (χ1n) is 23.2. The molecular weight excluding hydrogens is 821 g/mol. The van der Waals surface area contributed by atoms with Crippen LogP contribution in [-0.2, 0) is 52.3 Å². The molecular formula is C47H76O16. The molecule has 0 amide bonds. The van der Waals surface area contributed by atoms with E-state index in [2.05, 4.69) is 48.5 Å². The van der Waals surface area contributed by atoms with Gasteiger partial charge in [-0.2, -0.15) is 0 Å². The molecule has 0 bridgehead atoms. The molecule has 7 aliphatic rings. The molecule has 0 aromatic rings. The summed E-state index contributed by atoms with van der Waals surface area (Å²) in [7, 11) is 0. The number of ether oxygens (including phenoxy) is 8. The van der Waals surface area contributed by atoms with Crippen molar-refractivity contribution in [2.45, 2.75) is 219 Å². The Hall–Kier alpha value is -1.99. The fourth-order valence-corrected chi connectivity index (χ4v) is 15.1. The molecule has 360 valence electrons. The second kappa shape index (κ2) is 16.7. The molecule has 7 rings (SSSR count). The Kier molecular flexibility index (Phi) is 12.9. The lowest BCUT2D eigenvalue weighted by Gasteiger charge is -2.73. The maximum Gasteiger partial charge on any atom is 0.303 e. The van der Waals surface area contributed by atoms with Crippen LogP contribution in [0.25, 0.3) is 0 Å². The lowest BCUT2D eigenvalue weighted by molar-refractivity contribution is -0.347. The topological polar surface area (TPSA) is 226 Å². The van der Waals surface area contributed by atoms with Gasteiger partial charge in [0.05, 0.1) is 48.8 Å². The SMILES string of the molecule is CC(=O)O[C@@H]1[C@@H](OC(C)=O)[C@H](O[C@H]2CC[C@@]3(C)[C@@H]([C@@H](O[C@@H]4OC[C@@H](O)[C@H](O)[C@H]4O)C[C@H]4[C@]5(C)C[C@H](O)[C@H]([C@@]6(C)CC[C@@H](C(C)(C)O)O6)[C@@]5(C)CC[C@]43C)C2(C)C)OC[C@H]1OC(C)=O. The molecule has 0 radical (unpaired) electrons. The van der Waals surface area contributed by atoms with Gasteiger partial charge in [-0.15, -0.1) is 0 Å². The van der Waals surface area contributed by atoms with E-state index in [1.165, 1.54) is 20.8 Å². The fraction of sp³-hybridized carbons (Fsp3) is 0.936. The lowest BCUT2D eigenvalue weighted by Crippen LogP contribution is -2.71. The normalized spacial score (nSPS) is 50.7. The number of hydrogen-bond donors (Lipinski definition) is 5. The molecule has 3 heterocycles. The van der Waals surface area contributed by atoms with E-state index in [-0.39, 0.29) is 47.9 Å². The predicted octanol–water partition coefficient (Wildman–Crippen LogP) is 3.71. The third-order valence-corrected chi connectivity index (χ3v) is 18.2. The van der Waals surface area contributed by atoms with Crippen LogP contribution in [0, 0.1) is 44.8 Å². The summed E-state index contributed by atoms with van der Waals surface area (Å²) in [4.78, 5) is 37.0.